The lowest BCUT2D eigenvalue weighted by molar-refractivity contribution is 0.0302. The third-order valence-corrected chi connectivity index (χ3v) is 5.15. The van der Waals surface area contributed by atoms with Gasteiger partial charge in [-0.05, 0) is 38.1 Å². The number of methoxy groups -OCH3 is 1. The SMILES string of the molecule is COCCCCN1CC(C(C)C)NCC12CCCC2. The third-order valence-electron chi connectivity index (χ3n) is 5.15. The number of piperazine rings is 1. The van der Waals surface area contributed by atoms with E-state index >= 15 is 0 Å². The van der Waals surface area contributed by atoms with Crippen molar-refractivity contribution >= 4 is 0 Å². The van der Waals surface area contributed by atoms with E-state index in [0.717, 1.165) is 12.5 Å². The zero-order valence-corrected chi connectivity index (χ0v) is 13.1. The minimum absolute atomic E-state index is 0.485. The molecule has 112 valence electrons. The highest BCUT2D eigenvalue weighted by Gasteiger charge is 2.43. The van der Waals surface area contributed by atoms with Crippen LogP contribution in [0.2, 0.25) is 0 Å². The number of nitrogens with zero attached hydrogens (tertiary/aromatic N) is 1. The summed E-state index contributed by atoms with van der Waals surface area (Å²) in [5.74, 6) is 0.736. The van der Waals surface area contributed by atoms with Crippen LogP contribution in [-0.4, -0.2) is 49.8 Å². The average molecular weight is 268 g/mol. The Hall–Kier alpha value is -0.120. The first-order valence-corrected chi connectivity index (χ1v) is 8.15. The van der Waals surface area contributed by atoms with Gasteiger partial charge in [0, 0.05) is 38.4 Å². The predicted molar refractivity (Wildman–Crippen MR) is 80.5 cm³/mol. The van der Waals surface area contributed by atoms with E-state index in [1.807, 2.05) is 0 Å². The number of ether oxygens (including phenoxy) is 1. The average Bonchev–Trinajstić information content (AvgIpc) is 2.86. The van der Waals surface area contributed by atoms with Gasteiger partial charge in [-0.25, -0.2) is 0 Å². The summed E-state index contributed by atoms with van der Waals surface area (Å²) in [4.78, 5) is 2.82. The number of unbranched alkanes of at least 4 members (excludes halogenated alkanes) is 1. The molecule has 1 atom stereocenters. The molecule has 0 aromatic carbocycles. The van der Waals surface area contributed by atoms with Gasteiger partial charge in [0.2, 0.25) is 0 Å². The van der Waals surface area contributed by atoms with Gasteiger partial charge in [0.25, 0.3) is 0 Å². The van der Waals surface area contributed by atoms with Gasteiger partial charge in [0.1, 0.15) is 0 Å². The van der Waals surface area contributed by atoms with E-state index < -0.39 is 0 Å². The van der Waals surface area contributed by atoms with Crippen molar-refractivity contribution in [1.29, 1.82) is 0 Å². The Morgan fingerprint density at radius 1 is 1.26 bits per heavy atom. The summed E-state index contributed by atoms with van der Waals surface area (Å²) >= 11 is 0. The molecule has 0 radical (unpaired) electrons. The fourth-order valence-corrected chi connectivity index (χ4v) is 3.78. The van der Waals surface area contributed by atoms with E-state index in [0.29, 0.717) is 11.6 Å². The summed E-state index contributed by atoms with van der Waals surface area (Å²) in [7, 11) is 1.80. The second-order valence-corrected chi connectivity index (χ2v) is 6.81. The van der Waals surface area contributed by atoms with Crippen molar-refractivity contribution in [3.63, 3.8) is 0 Å². The summed E-state index contributed by atoms with van der Waals surface area (Å²) in [6, 6.07) is 0.675. The number of rotatable bonds is 6. The summed E-state index contributed by atoms with van der Waals surface area (Å²) in [6.45, 7) is 9.30. The molecule has 1 N–H and O–H groups in total. The second-order valence-electron chi connectivity index (χ2n) is 6.81. The van der Waals surface area contributed by atoms with Crippen LogP contribution in [0.4, 0.5) is 0 Å². The van der Waals surface area contributed by atoms with Gasteiger partial charge in [-0.2, -0.15) is 0 Å². The number of nitrogens with one attached hydrogen (secondary N) is 1. The van der Waals surface area contributed by atoms with Crippen LogP contribution < -0.4 is 5.32 Å². The molecule has 3 nitrogen and oxygen atoms in total. The lowest BCUT2D eigenvalue weighted by Gasteiger charge is -2.49. The predicted octanol–water partition coefficient (Wildman–Crippen LogP) is 2.66. The van der Waals surface area contributed by atoms with Crippen molar-refractivity contribution in [3.8, 4) is 0 Å². The van der Waals surface area contributed by atoms with Crippen LogP contribution in [0, 0.1) is 5.92 Å². The van der Waals surface area contributed by atoms with E-state index in [1.54, 1.807) is 7.11 Å². The lowest BCUT2D eigenvalue weighted by Crippen LogP contribution is -2.64. The molecule has 1 aliphatic carbocycles. The molecule has 0 bridgehead atoms. The van der Waals surface area contributed by atoms with Crippen LogP contribution in [0.15, 0.2) is 0 Å². The quantitative estimate of drug-likeness (QED) is 0.750. The van der Waals surface area contributed by atoms with Crippen LogP contribution in [0.3, 0.4) is 0 Å². The zero-order chi connectivity index (χ0) is 13.7. The fraction of sp³-hybridized carbons (Fsp3) is 1.00. The summed E-state index contributed by atoms with van der Waals surface area (Å²) in [5.41, 5.74) is 0.485. The fourth-order valence-electron chi connectivity index (χ4n) is 3.78. The monoisotopic (exact) mass is 268 g/mol. The zero-order valence-electron chi connectivity index (χ0n) is 13.1. The van der Waals surface area contributed by atoms with Crippen molar-refractivity contribution in [2.24, 2.45) is 5.92 Å². The van der Waals surface area contributed by atoms with Gasteiger partial charge in [-0.15, -0.1) is 0 Å². The van der Waals surface area contributed by atoms with E-state index in [4.69, 9.17) is 4.74 Å². The summed E-state index contributed by atoms with van der Waals surface area (Å²) in [5, 5.41) is 3.82. The molecule has 3 heteroatoms. The minimum Gasteiger partial charge on any atom is -0.385 e. The molecule has 1 heterocycles. The summed E-state index contributed by atoms with van der Waals surface area (Å²) < 4.78 is 5.18. The van der Waals surface area contributed by atoms with Crippen LogP contribution >= 0.6 is 0 Å². The van der Waals surface area contributed by atoms with E-state index in [-0.39, 0.29) is 0 Å². The van der Waals surface area contributed by atoms with Crippen molar-refractivity contribution in [3.05, 3.63) is 0 Å². The Morgan fingerprint density at radius 2 is 2.00 bits per heavy atom. The van der Waals surface area contributed by atoms with Crippen LogP contribution in [0.1, 0.15) is 52.4 Å². The molecule has 1 spiro atoms. The highest BCUT2D eigenvalue weighted by atomic mass is 16.5. The smallest absolute Gasteiger partial charge is 0.0462 e. The Bertz CT molecular complexity index is 261. The molecule has 1 saturated carbocycles. The van der Waals surface area contributed by atoms with Crippen LogP contribution in [-0.2, 0) is 4.74 Å². The molecule has 0 aromatic heterocycles. The van der Waals surface area contributed by atoms with Gasteiger partial charge in [-0.3, -0.25) is 4.90 Å². The van der Waals surface area contributed by atoms with Crippen molar-refractivity contribution in [2.75, 3.05) is 33.4 Å². The van der Waals surface area contributed by atoms with Gasteiger partial charge in [0.15, 0.2) is 0 Å². The molecule has 1 saturated heterocycles. The van der Waals surface area contributed by atoms with E-state index in [2.05, 4.69) is 24.1 Å². The summed E-state index contributed by atoms with van der Waals surface area (Å²) in [6.07, 6.45) is 8.11. The number of hydrogen-bond donors (Lipinski definition) is 1. The van der Waals surface area contributed by atoms with Crippen LogP contribution in [0.25, 0.3) is 0 Å². The van der Waals surface area contributed by atoms with E-state index in [1.165, 1.54) is 58.2 Å². The second kappa shape index (κ2) is 7.05. The molecule has 1 aliphatic heterocycles. The molecule has 0 amide bonds. The first-order chi connectivity index (χ1) is 9.18. The Kier molecular flexibility index (Phi) is 5.67. The Balaban J connectivity index is 1.91. The van der Waals surface area contributed by atoms with Gasteiger partial charge in [0.05, 0.1) is 0 Å². The molecule has 19 heavy (non-hydrogen) atoms. The minimum atomic E-state index is 0.485. The normalized spacial score (nSPS) is 27.5. The third kappa shape index (κ3) is 3.71. The highest BCUT2D eigenvalue weighted by molar-refractivity contribution is 5.02. The molecular weight excluding hydrogens is 236 g/mol. The lowest BCUT2D eigenvalue weighted by atomic mass is 9.88. The van der Waals surface area contributed by atoms with Gasteiger partial charge in [-0.1, -0.05) is 26.7 Å². The molecule has 2 aliphatic rings. The number of hydrogen-bond acceptors (Lipinski definition) is 3. The maximum absolute atomic E-state index is 5.18. The van der Waals surface area contributed by atoms with Gasteiger partial charge >= 0.3 is 0 Å². The van der Waals surface area contributed by atoms with Gasteiger partial charge < -0.3 is 10.1 Å². The van der Waals surface area contributed by atoms with Crippen molar-refractivity contribution in [2.45, 2.75) is 64.0 Å². The van der Waals surface area contributed by atoms with E-state index in [9.17, 15) is 0 Å². The molecule has 1 unspecified atom stereocenters. The topological polar surface area (TPSA) is 24.5 Å². The maximum atomic E-state index is 5.18. The molecule has 2 rings (SSSR count). The van der Waals surface area contributed by atoms with Crippen molar-refractivity contribution < 1.29 is 4.74 Å². The largest absolute Gasteiger partial charge is 0.385 e. The molecular formula is C16H32N2O. The first-order valence-electron chi connectivity index (χ1n) is 8.15. The Morgan fingerprint density at radius 3 is 2.63 bits per heavy atom. The van der Waals surface area contributed by atoms with Crippen LogP contribution in [0.5, 0.6) is 0 Å². The van der Waals surface area contributed by atoms with Crippen molar-refractivity contribution in [1.82, 2.24) is 10.2 Å². The highest BCUT2D eigenvalue weighted by Crippen LogP contribution is 2.37. The Labute approximate surface area is 119 Å². The standard InChI is InChI=1S/C16H32N2O/c1-14(2)15-12-18(10-6-7-11-19-3)16(13-17-15)8-4-5-9-16/h14-15,17H,4-13H2,1-3H3. The maximum Gasteiger partial charge on any atom is 0.0462 e. The molecule has 2 fully saturated rings. The molecule has 0 aromatic rings. The first kappa shape index (κ1) is 15.3.